The summed E-state index contributed by atoms with van der Waals surface area (Å²) in [6, 6.07) is 8.33. The summed E-state index contributed by atoms with van der Waals surface area (Å²) in [5.41, 5.74) is 5.50. The second kappa shape index (κ2) is 8.78. The number of aromatic nitrogens is 4. The lowest BCUT2D eigenvalue weighted by molar-refractivity contribution is -0.121. The molecular formula is C22H29N5O2. The summed E-state index contributed by atoms with van der Waals surface area (Å²) in [6.07, 6.45) is 3.68. The minimum atomic E-state index is 0.0687. The first-order valence-corrected chi connectivity index (χ1v) is 10.5. The predicted molar refractivity (Wildman–Crippen MR) is 112 cm³/mol. The first-order chi connectivity index (χ1) is 14.1. The zero-order valence-electron chi connectivity index (χ0n) is 17.2. The lowest BCUT2D eigenvalue weighted by Gasteiger charge is -2.16. The van der Waals surface area contributed by atoms with Gasteiger partial charge in [0, 0.05) is 49.5 Å². The van der Waals surface area contributed by atoms with Crippen molar-refractivity contribution < 1.29 is 9.53 Å². The molecule has 3 heterocycles. The summed E-state index contributed by atoms with van der Waals surface area (Å²) in [6.45, 7) is 6.28. The number of ether oxygens (including phenoxy) is 1. The molecule has 0 saturated carbocycles. The predicted octanol–water partition coefficient (Wildman–Crippen LogP) is 3.09. The van der Waals surface area contributed by atoms with Gasteiger partial charge in [-0.2, -0.15) is 5.10 Å². The lowest BCUT2D eigenvalue weighted by Crippen LogP contribution is -2.25. The van der Waals surface area contributed by atoms with E-state index < -0.39 is 0 Å². The van der Waals surface area contributed by atoms with Crippen molar-refractivity contribution in [3.8, 4) is 0 Å². The molecule has 0 atom stereocenters. The van der Waals surface area contributed by atoms with Gasteiger partial charge in [0.2, 0.25) is 5.91 Å². The van der Waals surface area contributed by atoms with Crippen molar-refractivity contribution in [3.63, 3.8) is 0 Å². The normalized spacial score (nSPS) is 13.8. The second-order valence-electron chi connectivity index (χ2n) is 7.87. The van der Waals surface area contributed by atoms with Crippen LogP contribution in [0.25, 0.3) is 11.0 Å². The van der Waals surface area contributed by atoms with Gasteiger partial charge >= 0.3 is 0 Å². The van der Waals surface area contributed by atoms with E-state index in [1.807, 2.05) is 24.3 Å². The third-order valence-electron chi connectivity index (χ3n) is 5.36. The molecule has 154 valence electrons. The number of aromatic amines is 1. The van der Waals surface area contributed by atoms with E-state index in [0.29, 0.717) is 32.0 Å². The highest BCUT2D eigenvalue weighted by atomic mass is 16.5. The SMILES string of the molecule is CC(C)n1nc(CCC(=O)NCCCc2nc3ccccc3[nH]2)c2c1CCOC2. The Morgan fingerprint density at radius 2 is 2.17 bits per heavy atom. The quantitative estimate of drug-likeness (QED) is 0.574. The summed E-state index contributed by atoms with van der Waals surface area (Å²) in [4.78, 5) is 20.2. The maximum Gasteiger partial charge on any atom is 0.220 e. The average molecular weight is 396 g/mol. The monoisotopic (exact) mass is 395 g/mol. The Labute approximate surface area is 170 Å². The van der Waals surface area contributed by atoms with E-state index in [2.05, 4.69) is 33.8 Å². The summed E-state index contributed by atoms with van der Waals surface area (Å²) in [5.74, 6) is 1.03. The highest BCUT2D eigenvalue weighted by molar-refractivity contribution is 5.76. The third-order valence-corrected chi connectivity index (χ3v) is 5.36. The zero-order valence-corrected chi connectivity index (χ0v) is 17.2. The summed E-state index contributed by atoms with van der Waals surface area (Å²) >= 11 is 0. The van der Waals surface area contributed by atoms with Gasteiger partial charge in [-0.3, -0.25) is 9.48 Å². The Hall–Kier alpha value is -2.67. The van der Waals surface area contributed by atoms with Crippen LogP contribution in [0.1, 0.15) is 55.5 Å². The number of nitrogens with one attached hydrogen (secondary N) is 2. The number of carbonyl (C=O) groups excluding carboxylic acids is 1. The van der Waals surface area contributed by atoms with Crippen molar-refractivity contribution in [2.24, 2.45) is 0 Å². The first-order valence-electron chi connectivity index (χ1n) is 10.5. The molecule has 7 nitrogen and oxygen atoms in total. The van der Waals surface area contributed by atoms with Crippen LogP contribution in [0.2, 0.25) is 0 Å². The highest BCUT2D eigenvalue weighted by Crippen LogP contribution is 2.24. The molecule has 29 heavy (non-hydrogen) atoms. The maximum atomic E-state index is 12.3. The Balaban J connectivity index is 1.24. The fourth-order valence-corrected chi connectivity index (χ4v) is 3.89. The van der Waals surface area contributed by atoms with Crippen molar-refractivity contribution >= 4 is 16.9 Å². The number of carbonyl (C=O) groups is 1. The van der Waals surface area contributed by atoms with Crippen molar-refractivity contribution in [2.45, 2.75) is 58.6 Å². The fraction of sp³-hybridized carbons (Fsp3) is 0.500. The van der Waals surface area contributed by atoms with Gasteiger partial charge in [-0.05, 0) is 32.4 Å². The van der Waals surface area contributed by atoms with Gasteiger partial charge in [0.25, 0.3) is 0 Å². The summed E-state index contributed by atoms with van der Waals surface area (Å²) in [5, 5.41) is 7.78. The molecule has 0 saturated heterocycles. The number of hydrogen-bond acceptors (Lipinski definition) is 4. The van der Waals surface area contributed by atoms with Gasteiger partial charge in [0.15, 0.2) is 0 Å². The Morgan fingerprint density at radius 1 is 1.31 bits per heavy atom. The number of benzene rings is 1. The number of hydrogen-bond donors (Lipinski definition) is 2. The number of imidazole rings is 1. The molecule has 7 heteroatoms. The number of nitrogens with zero attached hydrogens (tertiary/aromatic N) is 3. The minimum Gasteiger partial charge on any atom is -0.376 e. The maximum absolute atomic E-state index is 12.3. The molecular weight excluding hydrogens is 366 g/mol. The van der Waals surface area contributed by atoms with Crippen LogP contribution in [-0.2, 0) is 35.4 Å². The fourth-order valence-electron chi connectivity index (χ4n) is 3.89. The molecule has 0 spiro atoms. The number of amides is 1. The van der Waals surface area contributed by atoms with Crippen LogP contribution in [0.4, 0.5) is 0 Å². The molecule has 1 aliphatic heterocycles. The van der Waals surface area contributed by atoms with E-state index in [-0.39, 0.29) is 5.91 Å². The molecule has 0 bridgehead atoms. The highest BCUT2D eigenvalue weighted by Gasteiger charge is 2.22. The minimum absolute atomic E-state index is 0.0687. The van der Waals surface area contributed by atoms with Gasteiger partial charge in [-0.15, -0.1) is 0 Å². The van der Waals surface area contributed by atoms with E-state index in [4.69, 9.17) is 9.84 Å². The largest absolute Gasteiger partial charge is 0.376 e. The van der Waals surface area contributed by atoms with Crippen molar-refractivity contribution in [1.29, 1.82) is 0 Å². The molecule has 0 aliphatic carbocycles. The Bertz CT molecular complexity index is 955. The molecule has 3 aromatic rings. The number of aryl methyl sites for hydroxylation is 2. The molecule has 4 rings (SSSR count). The second-order valence-corrected chi connectivity index (χ2v) is 7.87. The third kappa shape index (κ3) is 4.50. The zero-order chi connectivity index (χ0) is 20.2. The van der Waals surface area contributed by atoms with Crippen LogP contribution in [0.15, 0.2) is 24.3 Å². The lowest BCUT2D eigenvalue weighted by atomic mass is 10.1. The summed E-state index contributed by atoms with van der Waals surface area (Å²) in [7, 11) is 0. The van der Waals surface area contributed by atoms with Gasteiger partial charge in [-0.1, -0.05) is 12.1 Å². The van der Waals surface area contributed by atoms with E-state index in [0.717, 1.165) is 48.4 Å². The topological polar surface area (TPSA) is 84.8 Å². The van der Waals surface area contributed by atoms with Gasteiger partial charge in [0.05, 0.1) is 29.9 Å². The number of para-hydroxylation sites is 2. The van der Waals surface area contributed by atoms with E-state index >= 15 is 0 Å². The van der Waals surface area contributed by atoms with Gasteiger partial charge < -0.3 is 15.0 Å². The van der Waals surface area contributed by atoms with E-state index in [9.17, 15) is 4.79 Å². The molecule has 2 N–H and O–H groups in total. The van der Waals surface area contributed by atoms with E-state index in [1.165, 1.54) is 11.3 Å². The van der Waals surface area contributed by atoms with Crippen molar-refractivity contribution in [1.82, 2.24) is 25.1 Å². The molecule has 0 fully saturated rings. The van der Waals surface area contributed by atoms with E-state index in [1.54, 1.807) is 0 Å². The van der Waals surface area contributed by atoms with Crippen LogP contribution in [0.5, 0.6) is 0 Å². The van der Waals surface area contributed by atoms with Crippen LogP contribution in [0.3, 0.4) is 0 Å². The van der Waals surface area contributed by atoms with Crippen LogP contribution < -0.4 is 5.32 Å². The van der Waals surface area contributed by atoms with Gasteiger partial charge in [-0.25, -0.2) is 4.98 Å². The first kappa shape index (κ1) is 19.6. The summed E-state index contributed by atoms with van der Waals surface area (Å²) < 4.78 is 7.71. The molecule has 1 aliphatic rings. The number of fused-ring (bicyclic) bond motifs is 2. The molecule has 1 amide bonds. The number of rotatable bonds is 8. The Kier molecular flexibility index (Phi) is 5.94. The van der Waals surface area contributed by atoms with Gasteiger partial charge in [0.1, 0.15) is 5.82 Å². The van der Waals surface area contributed by atoms with Crippen molar-refractivity contribution in [3.05, 3.63) is 47.0 Å². The average Bonchev–Trinajstić information content (AvgIpc) is 3.31. The number of H-pyrrole nitrogens is 1. The smallest absolute Gasteiger partial charge is 0.220 e. The molecule has 1 aromatic carbocycles. The van der Waals surface area contributed by atoms with Crippen molar-refractivity contribution in [2.75, 3.05) is 13.2 Å². The van der Waals surface area contributed by atoms with Crippen LogP contribution >= 0.6 is 0 Å². The van der Waals surface area contributed by atoms with Crippen LogP contribution in [-0.4, -0.2) is 38.8 Å². The molecule has 0 unspecified atom stereocenters. The van der Waals surface area contributed by atoms with Crippen LogP contribution in [0, 0.1) is 0 Å². The standard InChI is InChI=1S/C22H29N5O2/c1-15(2)27-20-11-13-29-14-16(20)17(26-27)9-10-22(28)23-12-5-8-21-24-18-6-3-4-7-19(18)25-21/h3-4,6-7,15H,5,8-14H2,1-2H3,(H,23,28)(H,24,25). The Morgan fingerprint density at radius 3 is 3.00 bits per heavy atom. The molecule has 0 radical (unpaired) electrons. The molecule has 2 aromatic heterocycles.